The van der Waals surface area contributed by atoms with Gasteiger partial charge in [-0.1, -0.05) is 42.7 Å². The highest BCUT2D eigenvalue weighted by Crippen LogP contribution is 2.23. The van der Waals surface area contributed by atoms with Gasteiger partial charge in [-0.3, -0.25) is 14.5 Å². The molecule has 122 valence electrons. The molecular weight excluding hydrogens is 308 g/mol. The Morgan fingerprint density at radius 2 is 2.04 bits per heavy atom. The number of H-pyrrole nitrogens is 1. The second-order valence-corrected chi connectivity index (χ2v) is 6.65. The molecule has 0 aliphatic heterocycles. The Kier molecular flexibility index (Phi) is 4.91. The third kappa shape index (κ3) is 3.88. The monoisotopic (exact) mass is 330 g/mol. The number of hydrogen-bond donors (Lipinski definition) is 2. The first kappa shape index (κ1) is 15.9. The Bertz CT molecular complexity index is 726. The first-order chi connectivity index (χ1) is 11.1. The van der Waals surface area contributed by atoms with Crippen molar-refractivity contribution in [1.82, 2.24) is 20.1 Å². The zero-order valence-electron chi connectivity index (χ0n) is 13.3. The summed E-state index contributed by atoms with van der Waals surface area (Å²) in [5.74, 6) is 1.32. The summed E-state index contributed by atoms with van der Waals surface area (Å²) in [6.45, 7) is 3.01. The summed E-state index contributed by atoms with van der Waals surface area (Å²) < 4.78 is 2.22. The minimum atomic E-state index is -0.0113. The molecule has 0 spiro atoms. The molecule has 0 bridgehead atoms. The van der Waals surface area contributed by atoms with Crippen LogP contribution in [-0.4, -0.2) is 27.2 Å². The van der Waals surface area contributed by atoms with E-state index >= 15 is 0 Å². The average molecular weight is 330 g/mol. The fraction of sp³-hybridized carbons (Fsp3) is 0.471. The molecule has 0 radical (unpaired) electrons. The standard InChI is InChI=1S/C17H22N4OS/c1-12-6-8-14(9-7-12)16-19-20-17(23)21(16)11-15(22)18-10-13-4-2-3-5-13/h6-9,13H,2-5,10-11H2,1H3,(H,18,22)(H,20,23). The topological polar surface area (TPSA) is 62.7 Å². The van der Waals surface area contributed by atoms with Gasteiger partial charge in [-0.25, -0.2) is 0 Å². The number of aryl methyl sites for hydroxylation is 1. The zero-order valence-corrected chi connectivity index (χ0v) is 14.2. The van der Waals surface area contributed by atoms with E-state index in [0.717, 1.165) is 12.1 Å². The van der Waals surface area contributed by atoms with Crippen LogP contribution in [0.5, 0.6) is 0 Å². The van der Waals surface area contributed by atoms with Crippen LogP contribution in [0.2, 0.25) is 0 Å². The Balaban J connectivity index is 1.69. The summed E-state index contributed by atoms with van der Waals surface area (Å²) in [6, 6.07) is 8.04. The second-order valence-electron chi connectivity index (χ2n) is 6.26. The molecule has 1 heterocycles. The minimum Gasteiger partial charge on any atom is -0.354 e. The van der Waals surface area contributed by atoms with Gasteiger partial charge in [0, 0.05) is 12.1 Å². The van der Waals surface area contributed by atoms with E-state index in [4.69, 9.17) is 12.2 Å². The van der Waals surface area contributed by atoms with Crippen molar-refractivity contribution in [1.29, 1.82) is 0 Å². The van der Waals surface area contributed by atoms with Crippen LogP contribution >= 0.6 is 12.2 Å². The third-order valence-corrected chi connectivity index (χ3v) is 4.74. The summed E-state index contributed by atoms with van der Waals surface area (Å²) in [5, 5.41) is 10.1. The summed E-state index contributed by atoms with van der Waals surface area (Å²) in [4.78, 5) is 12.2. The van der Waals surface area contributed by atoms with Crippen molar-refractivity contribution in [3.05, 3.63) is 34.6 Å². The molecule has 1 aliphatic carbocycles. The zero-order chi connectivity index (χ0) is 16.2. The Morgan fingerprint density at radius 1 is 1.35 bits per heavy atom. The molecule has 0 unspecified atom stereocenters. The minimum absolute atomic E-state index is 0.0113. The van der Waals surface area contributed by atoms with E-state index in [9.17, 15) is 4.79 Å². The van der Waals surface area contributed by atoms with Crippen LogP contribution in [0.15, 0.2) is 24.3 Å². The molecule has 1 aliphatic rings. The number of carbonyl (C=O) groups is 1. The SMILES string of the molecule is Cc1ccc(-c2n[nH]c(=S)n2CC(=O)NCC2CCCC2)cc1. The maximum atomic E-state index is 12.2. The van der Waals surface area contributed by atoms with Crippen LogP contribution in [0.25, 0.3) is 11.4 Å². The normalized spacial score (nSPS) is 15.0. The van der Waals surface area contributed by atoms with Gasteiger partial charge in [0.1, 0.15) is 6.54 Å². The van der Waals surface area contributed by atoms with Crippen LogP contribution in [0.3, 0.4) is 0 Å². The van der Waals surface area contributed by atoms with Crippen LogP contribution < -0.4 is 5.32 Å². The molecule has 2 N–H and O–H groups in total. The number of nitrogens with one attached hydrogen (secondary N) is 2. The van der Waals surface area contributed by atoms with E-state index in [-0.39, 0.29) is 12.5 Å². The number of hydrogen-bond acceptors (Lipinski definition) is 3. The molecule has 6 heteroatoms. The van der Waals surface area contributed by atoms with Crippen LogP contribution in [0, 0.1) is 17.6 Å². The Morgan fingerprint density at radius 3 is 2.74 bits per heavy atom. The molecule has 2 aromatic rings. The van der Waals surface area contributed by atoms with Gasteiger partial charge in [-0.15, -0.1) is 0 Å². The number of carbonyl (C=O) groups excluding carboxylic acids is 1. The first-order valence-electron chi connectivity index (χ1n) is 8.12. The molecule has 1 aromatic carbocycles. The fourth-order valence-corrected chi connectivity index (χ4v) is 3.26. The van der Waals surface area contributed by atoms with Gasteiger partial charge < -0.3 is 5.32 Å². The van der Waals surface area contributed by atoms with Crippen molar-refractivity contribution in [2.75, 3.05) is 6.54 Å². The first-order valence-corrected chi connectivity index (χ1v) is 8.53. The van der Waals surface area contributed by atoms with Gasteiger partial charge in [-0.2, -0.15) is 5.10 Å². The predicted molar refractivity (Wildman–Crippen MR) is 92.6 cm³/mol. The van der Waals surface area contributed by atoms with Gasteiger partial charge in [0.25, 0.3) is 0 Å². The number of benzene rings is 1. The molecule has 23 heavy (non-hydrogen) atoms. The Hall–Kier alpha value is -1.95. The predicted octanol–water partition coefficient (Wildman–Crippen LogP) is 3.22. The van der Waals surface area contributed by atoms with E-state index in [2.05, 4.69) is 15.5 Å². The van der Waals surface area contributed by atoms with Gasteiger partial charge in [0.15, 0.2) is 10.6 Å². The van der Waals surface area contributed by atoms with E-state index in [1.807, 2.05) is 31.2 Å². The molecule has 1 amide bonds. The smallest absolute Gasteiger partial charge is 0.240 e. The van der Waals surface area contributed by atoms with Crippen LogP contribution in [-0.2, 0) is 11.3 Å². The van der Waals surface area contributed by atoms with Gasteiger partial charge >= 0.3 is 0 Å². The lowest BCUT2D eigenvalue weighted by Crippen LogP contribution is -2.31. The number of aromatic nitrogens is 3. The average Bonchev–Trinajstić information content (AvgIpc) is 3.17. The van der Waals surface area contributed by atoms with Crippen LogP contribution in [0.1, 0.15) is 31.2 Å². The molecular formula is C17H22N4OS. The number of aromatic amines is 1. The van der Waals surface area contributed by atoms with E-state index in [1.165, 1.54) is 31.2 Å². The van der Waals surface area contributed by atoms with Crippen molar-refractivity contribution in [2.45, 2.75) is 39.2 Å². The highest BCUT2D eigenvalue weighted by molar-refractivity contribution is 7.71. The third-order valence-electron chi connectivity index (χ3n) is 4.43. The largest absolute Gasteiger partial charge is 0.354 e. The van der Waals surface area contributed by atoms with E-state index in [1.54, 1.807) is 4.57 Å². The van der Waals surface area contributed by atoms with Gasteiger partial charge in [-0.05, 0) is 37.9 Å². The van der Waals surface area contributed by atoms with Crippen molar-refractivity contribution >= 4 is 18.1 Å². The Labute approximate surface area is 141 Å². The molecule has 1 saturated carbocycles. The lowest BCUT2D eigenvalue weighted by atomic mass is 10.1. The summed E-state index contributed by atoms with van der Waals surface area (Å²) in [7, 11) is 0. The lowest BCUT2D eigenvalue weighted by molar-refractivity contribution is -0.121. The van der Waals surface area contributed by atoms with E-state index < -0.39 is 0 Å². The highest BCUT2D eigenvalue weighted by atomic mass is 32.1. The van der Waals surface area contributed by atoms with Crippen molar-refractivity contribution in [3.8, 4) is 11.4 Å². The van der Waals surface area contributed by atoms with Gasteiger partial charge in [0.2, 0.25) is 5.91 Å². The molecule has 0 atom stereocenters. The number of amides is 1. The highest BCUT2D eigenvalue weighted by Gasteiger charge is 2.17. The fourth-order valence-electron chi connectivity index (χ4n) is 3.06. The summed E-state index contributed by atoms with van der Waals surface area (Å²) >= 11 is 5.27. The maximum absolute atomic E-state index is 12.2. The van der Waals surface area contributed by atoms with Crippen LogP contribution in [0.4, 0.5) is 0 Å². The molecule has 3 rings (SSSR count). The van der Waals surface area contributed by atoms with Gasteiger partial charge in [0.05, 0.1) is 0 Å². The molecule has 1 fully saturated rings. The second kappa shape index (κ2) is 7.08. The maximum Gasteiger partial charge on any atom is 0.240 e. The molecule has 1 aromatic heterocycles. The number of rotatable bonds is 5. The van der Waals surface area contributed by atoms with Crippen molar-refractivity contribution < 1.29 is 4.79 Å². The lowest BCUT2D eigenvalue weighted by Gasteiger charge is -2.12. The number of nitrogens with zero attached hydrogens (tertiary/aromatic N) is 2. The quantitative estimate of drug-likeness (QED) is 0.828. The summed E-state index contributed by atoms with van der Waals surface area (Å²) in [6.07, 6.45) is 5.01. The van der Waals surface area contributed by atoms with Crippen molar-refractivity contribution in [3.63, 3.8) is 0 Å². The molecule has 5 nitrogen and oxygen atoms in total. The summed E-state index contributed by atoms with van der Waals surface area (Å²) in [5.41, 5.74) is 2.13. The molecule has 0 saturated heterocycles. The van der Waals surface area contributed by atoms with Crippen molar-refractivity contribution in [2.24, 2.45) is 5.92 Å². The van der Waals surface area contributed by atoms with E-state index in [0.29, 0.717) is 16.5 Å².